The maximum Gasteiger partial charge on any atom is 0.297 e. The number of rotatable bonds is 0. The summed E-state index contributed by atoms with van der Waals surface area (Å²) < 4.78 is 23.5. The minimum Gasteiger partial charge on any atom is -0.255 e. The molecule has 125 heavy (non-hydrogen) atoms. The fourth-order valence-corrected chi connectivity index (χ4v) is 21.0. The second-order valence-corrected chi connectivity index (χ2v) is 35.0. The Labute approximate surface area is 723 Å². The molecule has 15 aromatic heterocycles. The molecule has 25 rings (SSSR count). The number of pyridine rings is 10. The molecule has 0 aliphatic heterocycles. The predicted molar refractivity (Wildman–Crippen MR) is 515 cm³/mol. The van der Waals surface area contributed by atoms with Crippen LogP contribution in [-0.4, -0.2) is 47.1 Å². The van der Waals surface area contributed by atoms with Crippen LogP contribution in [-0.2, 0) is 35.2 Å². The van der Waals surface area contributed by atoms with Crippen molar-refractivity contribution < 1.29 is 22.7 Å². The van der Waals surface area contributed by atoms with Crippen LogP contribution >= 0.6 is 0 Å². The standard InChI is InChI=1S/5C22H20N3/c1-13-11-15(3)19-18(12-13)25-17-8-6-5-7-16(17)24(4)22(25)20-14(2)9-10-23-21(19)20;1-13-9-10-18-19(11-13)24(4)22-20-14(2)12-15(3)23-21(20)16-7-5-6-8-17(16)25(18)22;1-13-9-10-18-19(11-13)25-17-8-6-5-7-16(17)21-20(22(25)24(18)4)14(2)12-15(3)23-21;1-13-9-10-18-20(15(13)3)21-19(14(2)11-12-23-21)22-24(4)16-7-5-6-8-17(16)25(18)22;1-13-9-10-15(3)21-18(13)20-19(14(2)11-12-23-20)22-24(4)16-7-5-6-8-17(16)25(21)22/h5*5-12H,1-4H3/q5*+1. The fraction of sp³-hybridized carbons (Fsp3) is 0.182. The maximum atomic E-state index is 4.92. The van der Waals surface area contributed by atoms with Gasteiger partial charge >= 0.3 is 0 Å². The van der Waals surface area contributed by atoms with Crippen LogP contribution in [0.4, 0.5) is 0 Å². The highest BCUT2D eigenvalue weighted by Crippen LogP contribution is 2.41. The summed E-state index contributed by atoms with van der Waals surface area (Å²) in [6.45, 7) is 32.5. The third-order valence-electron chi connectivity index (χ3n) is 26.8. The number of nitrogens with zero attached hydrogens (tertiary/aromatic N) is 15. The summed E-state index contributed by atoms with van der Waals surface area (Å²) in [6, 6.07) is 80.5. The molecule has 0 aliphatic rings. The van der Waals surface area contributed by atoms with Crippen molar-refractivity contribution in [1.29, 1.82) is 0 Å². The van der Waals surface area contributed by atoms with Gasteiger partial charge in [0.05, 0.1) is 106 Å². The van der Waals surface area contributed by atoms with Crippen molar-refractivity contribution in [3.8, 4) is 0 Å². The molecule has 0 aliphatic carbocycles. The molecule has 0 spiro atoms. The zero-order chi connectivity index (χ0) is 86.5. The lowest BCUT2D eigenvalue weighted by atomic mass is 10.00. The molecule has 0 saturated heterocycles. The van der Waals surface area contributed by atoms with Crippen molar-refractivity contribution in [3.05, 3.63) is 327 Å². The van der Waals surface area contributed by atoms with Crippen LogP contribution in [0.15, 0.2) is 243 Å². The normalized spacial score (nSPS) is 12.0. The smallest absolute Gasteiger partial charge is 0.255 e. The van der Waals surface area contributed by atoms with Gasteiger partial charge in [-0.15, -0.1) is 0 Å². The van der Waals surface area contributed by atoms with Gasteiger partial charge in [-0.2, -0.15) is 22.0 Å². The van der Waals surface area contributed by atoms with E-state index in [9.17, 15) is 0 Å². The van der Waals surface area contributed by atoms with Gasteiger partial charge in [-0.25, -0.2) is 22.8 Å². The molecule has 0 bridgehead atoms. The molecule has 0 fully saturated rings. The molecule has 15 nitrogen and oxygen atoms in total. The zero-order valence-corrected chi connectivity index (χ0v) is 74.8. The zero-order valence-electron chi connectivity index (χ0n) is 74.8. The number of hydrogen-bond donors (Lipinski definition) is 0. The summed E-state index contributed by atoms with van der Waals surface area (Å²) in [5, 5.41) is 12.4. The van der Waals surface area contributed by atoms with Gasteiger partial charge in [0.15, 0.2) is 55.2 Å². The van der Waals surface area contributed by atoms with Crippen molar-refractivity contribution in [1.82, 2.24) is 47.1 Å². The molecule has 25 aromatic rings. The van der Waals surface area contributed by atoms with E-state index in [0.29, 0.717) is 0 Å². The summed E-state index contributed by atoms with van der Waals surface area (Å²) in [5.74, 6) is 0. The van der Waals surface area contributed by atoms with E-state index in [2.05, 4.69) is 408 Å². The lowest BCUT2D eigenvalue weighted by molar-refractivity contribution is -0.617. The molecule has 0 atom stereocenters. The Morgan fingerprint density at radius 2 is 0.624 bits per heavy atom. The first-order chi connectivity index (χ1) is 60.4. The number of aryl methyl sites for hydroxylation is 20. The van der Waals surface area contributed by atoms with E-state index in [1.807, 2.05) is 18.6 Å². The van der Waals surface area contributed by atoms with E-state index in [1.54, 1.807) is 0 Å². The summed E-state index contributed by atoms with van der Waals surface area (Å²) in [6.07, 6.45) is 5.78. The van der Waals surface area contributed by atoms with Gasteiger partial charge in [0.25, 0.3) is 28.2 Å². The van der Waals surface area contributed by atoms with Gasteiger partial charge in [0.1, 0.15) is 27.6 Å². The average Bonchev–Trinajstić information content (AvgIpc) is 1.60. The van der Waals surface area contributed by atoms with Gasteiger partial charge in [-0.3, -0.25) is 24.9 Å². The molecule has 0 saturated carbocycles. The molecule has 15 heterocycles. The molecule has 0 amide bonds. The van der Waals surface area contributed by atoms with E-state index < -0.39 is 0 Å². The topological polar surface area (TPSA) is 107 Å². The van der Waals surface area contributed by atoms with Crippen molar-refractivity contribution in [3.63, 3.8) is 0 Å². The second-order valence-electron chi connectivity index (χ2n) is 35.0. The third-order valence-corrected chi connectivity index (χ3v) is 26.8. The summed E-state index contributed by atoms with van der Waals surface area (Å²) in [7, 11) is 10.8. The average molecular weight is 1630 g/mol. The highest BCUT2D eigenvalue weighted by molar-refractivity contribution is 6.18. The largest absolute Gasteiger partial charge is 0.297 e. The van der Waals surface area contributed by atoms with Gasteiger partial charge in [-0.05, 0) is 304 Å². The van der Waals surface area contributed by atoms with Gasteiger partial charge in [0, 0.05) is 40.8 Å². The Morgan fingerprint density at radius 1 is 0.240 bits per heavy atom. The van der Waals surface area contributed by atoms with E-state index in [1.165, 1.54) is 237 Å². The van der Waals surface area contributed by atoms with Gasteiger partial charge in [-0.1, -0.05) is 97.1 Å². The van der Waals surface area contributed by atoms with E-state index in [-0.39, 0.29) is 0 Å². The second kappa shape index (κ2) is 29.0. The predicted octanol–water partition coefficient (Wildman–Crippen LogP) is 22.7. The minimum absolute atomic E-state index is 1.06. The number of fused-ring (bicyclic) bond motifs is 40. The molecule has 610 valence electrons. The first-order valence-electron chi connectivity index (χ1n) is 43.3. The van der Waals surface area contributed by atoms with Crippen molar-refractivity contribution in [2.45, 2.75) is 104 Å². The number of benzene rings is 10. The highest BCUT2D eigenvalue weighted by Gasteiger charge is 2.33. The molecular weight excluding hydrogens is 1530 g/mol. The number of hydrogen-bond acceptors (Lipinski definition) is 5. The van der Waals surface area contributed by atoms with E-state index in [4.69, 9.17) is 24.9 Å². The lowest BCUT2D eigenvalue weighted by Gasteiger charge is -2.10. The molecular formula is C110H100N15+5. The summed E-state index contributed by atoms with van der Waals surface area (Å²) >= 11 is 0. The van der Waals surface area contributed by atoms with Crippen LogP contribution in [0.1, 0.15) is 83.7 Å². The van der Waals surface area contributed by atoms with Crippen molar-refractivity contribution in [2.24, 2.45) is 35.2 Å². The van der Waals surface area contributed by atoms with E-state index in [0.717, 1.165) is 39.0 Å². The first-order valence-corrected chi connectivity index (χ1v) is 43.3. The highest BCUT2D eigenvalue weighted by atomic mass is 15.2. The minimum atomic E-state index is 1.06. The Morgan fingerprint density at radius 3 is 1.18 bits per heavy atom. The quantitative estimate of drug-likeness (QED) is 0.111. The molecule has 0 N–H and O–H groups in total. The Bertz CT molecular complexity index is 8960. The SMILES string of the molecule is Cc1cc(C)c2c3nccc(C)c3c3n(c2c1)c1ccccc1[n+]3C.Cc1ccc(C)c2c1c1nccc(C)c1c1n2c2ccccc2[n+]1C.Cc1ccc2c(c1)n(C)c1c3c(C)cc(C)nc3c3ccccc3[n+]21.Cc1ccc2c(c1)n1c3ccccc3c3nc(C)cc(C)c3c1[n+]2C.Cc1ccc2c(c1C)c1nccc(C)c1c1n2c2ccccc2[n+]1C. The van der Waals surface area contributed by atoms with E-state index >= 15 is 0 Å². The van der Waals surface area contributed by atoms with Crippen LogP contribution in [0.2, 0.25) is 0 Å². The van der Waals surface area contributed by atoms with Gasteiger partial charge < -0.3 is 0 Å². The van der Waals surface area contributed by atoms with Crippen LogP contribution in [0.3, 0.4) is 0 Å². The summed E-state index contributed by atoms with van der Waals surface area (Å²) in [4.78, 5) is 24.2. The fourth-order valence-electron chi connectivity index (χ4n) is 21.0. The first kappa shape index (κ1) is 77.6. The molecule has 15 heteroatoms. The number of para-hydroxylation sites is 8. The van der Waals surface area contributed by atoms with Gasteiger partial charge in [0.2, 0.25) is 0 Å². The van der Waals surface area contributed by atoms with Crippen molar-refractivity contribution >= 4 is 192 Å². The van der Waals surface area contributed by atoms with Crippen LogP contribution in [0, 0.1) is 104 Å². The summed E-state index contributed by atoms with van der Waals surface area (Å²) in [5.41, 5.74) is 48.7. The monoisotopic (exact) mass is 1630 g/mol. The number of imidazole rings is 5. The maximum absolute atomic E-state index is 4.92. The molecule has 0 unspecified atom stereocenters. The Hall–Kier alpha value is -14.7. The number of aromatic nitrogens is 15. The van der Waals surface area contributed by atoms with Crippen molar-refractivity contribution in [2.75, 3.05) is 0 Å². The van der Waals surface area contributed by atoms with Crippen LogP contribution in [0.5, 0.6) is 0 Å². The lowest BCUT2D eigenvalue weighted by Crippen LogP contribution is -2.27. The Kier molecular flexibility index (Phi) is 18.0. The molecule has 0 radical (unpaired) electrons. The molecule has 10 aromatic carbocycles. The van der Waals surface area contributed by atoms with Crippen LogP contribution < -0.4 is 22.7 Å². The third kappa shape index (κ3) is 11.5. The van der Waals surface area contributed by atoms with Crippen LogP contribution in [0.25, 0.3) is 192 Å². The Balaban J connectivity index is 0.0000000956.